The first-order valence-corrected chi connectivity index (χ1v) is 9.11. The fourth-order valence-electron chi connectivity index (χ4n) is 3.19. The van der Waals surface area contributed by atoms with Crippen LogP contribution in [0.5, 0.6) is 17.2 Å². The van der Waals surface area contributed by atoms with Gasteiger partial charge in [0.25, 0.3) is 0 Å². The molecular weight excluding hydrogens is 380 g/mol. The molecule has 0 bridgehead atoms. The molecular formula is C19H24N4O6. The monoisotopic (exact) mass is 404 g/mol. The first-order chi connectivity index (χ1) is 14.0. The van der Waals surface area contributed by atoms with Gasteiger partial charge in [-0.2, -0.15) is 5.10 Å². The summed E-state index contributed by atoms with van der Waals surface area (Å²) in [6, 6.07) is 2.98. The molecule has 0 spiro atoms. The van der Waals surface area contributed by atoms with Crippen molar-refractivity contribution in [3.05, 3.63) is 29.1 Å². The molecule has 0 fully saturated rings. The maximum Gasteiger partial charge on any atom is 0.359 e. The molecule has 2 aromatic rings. The molecule has 2 heterocycles. The van der Waals surface area contributed by atoms with Crippen LogP contribution in [0.1, 0.15) is 28.7 Å². The van der Waals surface area contributed by atoms with E-state index in [-0.39, 0.29) is 24.9 Å². The second kappa shape index (κ2) is 8.72. The van der Waals surface area contributed by atoms with Gasteiger partial charge in [-0.1, -0.05) is 0 Å². The SMILES string of the molecule is CCOC(=O)c1n[nH]c2c1CN(C(=O)Nc1cc(OC)c(OC)c(OC)c1)CC2. The number of anilines is 1. The number of carbonyl (C=O) groups excluding carboxylic acids is 2. The van der Waals surface area contributed by atoms with Crippen molar-refractivity contribution in [1.82, 2.24) is 15.1 Å². The van der Waals surface area contributed by atoms with E-state index in [1.807, 2.05) is 0 Å². The Morgan fingerprint density at radius 1 is 1.17 bits per heavy atom. The van der Waals surface area contributed by atoms with Gasteiger partial charge in [0.1, 0.15) is 0 Å². The molecule has 10 heteroatoms. The summed E-state index contributed by atoms with van der Waals surface area (Å²) in [5.41, 5.74) is 2.22. The number of fused-ring (bicyclic) bond motifs is 1. The molecule has 1 aliphatic heterocycles. The molecule has 2 amide bonds. The van der Waals surface area contributed by atoms with Crippen molar-refractivity contribution in [2.75, 3.05) is 39.8 Å². The van der Waals surface area contributed by atoms with Gasteiger partial charge < -0.3 is 29.2 Å². The van der Waals surface area contributed by atoms with Crippen molar-refractivity contribution in [3.63, 3.8) is 0 Å². The lowest BCUT2D eigenvalue weighted by atomic mass is 10.1. The van der Waals surface area contributed by atoms with Crippen LogP contribution in [0.15, 0.2) is 12.1 Å². The third-order valence-corrected chi connectivity index (χ3v) is 4.61. The van der Waals surface area contributed by atoms with Crippen LogP contribution in [0, 0.1) is 0 Å². The molecule has 1 aromatic heterocycles. The molecule has 1 aliphatic rings. The third kappa shape index (κ3) is 4.05. The van der Waals surface area contributed by atoms with E-state index in [0.29, 0.717) is 41.5 Å². The van der Waals surface area contributed by atoms with E-state index in [2.05, 4.69) is 15.5 Å². The van der Waals surface area contributed by atoms with E-state index >= 15 is 0 Å². The topological polar surface area (TPSA) is 115 Å². The number of aromatic amines is 1. The lowest BCUT2D eigenvalue weighted by Gasteiger charge is -2.27. The number of carbonyl (C=O) groups is 2. The van der Waals surface area contributed by atoms with Crippen LogP contribution in [0.4, 0.5) is 10.5 Å². The van der Waals surface area contributed by atoms with Crippen LogP contribution in [0.25, 0.3) is 0 Å². The number of esters is 1. The number of methoxy groups -OCH3 is 3. The van der Waals surface area contributed by atoms with Gasteiger partial charge in [0.2, 0.25) is 5.75 Å². The number of hydrogen-bond acceptors (Lipinski definition) is 7. The quantitative estimate of drug-likeness (QED) is 0.709. The van der Waals surface area contributed by atoms with E-state index < -0.39 is 5.97 Å². The van der Waals surface area contributed by atoms with Crippen molar-refractivity contribution >= 4 is 17.7 Å². The summed E-state index contributed by atoms with van der Waals surface area (Å²) in [7, 11) is 4.52. The summed E-state index contributed by atoms with van der Waals surface area (Å²) in [5.74, 6) is 0.801. The maximum atomic E-state index is 12.8. The molecule has 10 nitrogen and oxygen atoms in total. The highest BCUT2D eigenvalue weighted by molar-refractivity contribution is 5.92. The minimum absolute atomic E-state index is 0.215. The predicted octanol–water partition coefficient (Wildman–Crippen LogP) is 2.20. The summed E-state index contributed by atoms with van der Waals surface area (Å²) in [6.07, 6.45) is 0.560. The zero-order chi connectivity index (χ0) is 21.0. The van der Waals surface area contributed by atoms with Crippen LogP contribution >= 0.6 is 0 Å². The molecule has 29 heavy (non-hydrogen) atoms. The Morgan fingerprint density at radius 3 is 2.45 bits per heavy atom. The normalized spacial score (nSPS) is 12.8. The van der Waals surface area contributed by atoms with Gasteiger partial charge in [0.15, 0.2) is 17.2 Å². The van der Waals surface area contributed by atoms with Gasteiger partial charge in [-0.25, -0.2) is 9.59 Å². The summed E-state index contributed by atoms with van der Waals surface area (Å²) < 4.78 is 21.0. The van der Waals surface area contributed by atoms with E-state index in [9.17, 15) is 9.59 Å². The van der Waals surface area contributed by atoms with Crippen molar-refractivity contribution in [3.8, 4) is 17.2 Å². The second-order valence-corrected chi connectivity index (χ2v) is 6.27. The number of urea groups is 1. The van der Waals surface area contributed by atoms with Crippen LogP contribution in [-0.4, -0.2) is 61.6 Å². The Morgan fingerprint density at radius 2 is 1.86 bits per heavy atom. The average molecular weight is 404 g/mol. The Balaban J connectivity index is 1.78. The Kier molecular flexibility index (Phi) is 6.10. The van der Waals surface area contributed by atoms with Gasteiger partial charge in [-0.05, 0) is 6.92 Å². The van der Waals surface area contributed by atoms with E-state index in [1.165, 1.54) is 21.3 Å². The average Bonchev–Trinajstić information content (AvgIpc) is 3.16. The first kappa shape index (κ1) is 20.3. The van der Waals surface area contributed by atoms with Gasteiger partial charge in [0.05, 0.1) is 40.2 Å². The highest BCUT2D eigenvalue weighted by atomic mass is 16.5. The summed E-state index contributed by atoms with van der Waals surface area (Å²) >= 11 is 0. The summed E-state index contributed by atoms with van der Waals surface area (Å²) in [6.45, 7) is 2.71. The Hall–Kier alpha value is -3.43. The molecule has 0 saturated heterocycles. The lowest BCUT2D eigenvalue weighted by molar-refractivity contribution is 0.0517. The third-order valence-electron chi connectivity index (χ3n) is 4.61. The molecule has 0 atom stereocenters. The summed E-state index contributed by atoms with van der Waals surface area (Å²) in [4.78, 5) is 26.5. The number of nitrogens with one attached hydrogen (secondary N) is 2. The maximum absolute atomic E-state index is 12.8. The number of ether oxygens (including phenoxy) is 4. The van der Waals surface area contributed by atoms with Gasteiger partial charge in [0, 0.05) is 36.4 Å². The molecule has 0 unspecified atom stereocenters. The van der Waals surface area contributed by atoms with E-state index in [1.54, 1.807) is 24.0 Å². The van der Waals surface area contributed by atoms with Crippen LogP contribution in [-0.2, 0) is 17.7 Å². The highest BCUT2D eigenvalue weighted by Gasteiger charge is 2.28. The van der Waals surface area contributed by atoms with Crippen LogP contribution in [0.3, 0.4) is 0 Å². The van der Waals surface area contributed by atoms with E-state index in [4.69, 9.17) is 18.9 Å². The molecule has 0 aliphatic carbocycles. The van der Waals surface area contributed by atoms with Crippen molar-refractivity contribution in [1.29, 1.82) is 0 Å². The molecule has 2 N–H and O–H groups in total. The number of rotatable bonds is 6. The molecule has 1 aromatic carbocycles. The number of benzene rings is 1. The standard InChI is InChI=1S/C19H24N4O6/c1-5-29-18(24)16-12-10-23(7-6-13(12)21-22-16)19(25)20-11-8-14(26-2)17(28-4)15(9-11)27-3/h8-9H,5-7,10H2,1-4H3,(H,20,25)(H,21,22). The smallest absolute Gasteiger partial charge is 0.359 e. The van der Waals surface area contributed by atoms with E-state index in [0.717, 1.165) is 5.69 Å². The minimum atomic E-state index is -0.503. The van der Waals surface area contributed by atoms with Crippen LogP contribution < -0.4 is 19.5 Å². The van der Waals surface area contributed by atoms with Crippen molar-refractivity contribution < 1.29 is 28.5 Å². The Bertz CT molecular complexity index is 885. The molecule has 156 valence electrons. The zero-order valence-electron chi connectivity index (χ0n) is 16.8. The minimum Gasteiger partial charge on any atom is -0.493 e. The second-order valence-electron chi connectivity index (χ2n) is 6.27. The largest absolute Gasteiger partial charge is 0.493 e. The number of hydrogen-bond donors (Lipinski definition) is 2. The number of amides is 2. The number of H-pyrrole nitrogens is 1. The molecule has 3 rings (SSSR count). The molecule has 0 radical (unpaired) electrons. The van der Waals surface area contributed by atoms with Crippen LogP contribution in [0.2, 0.25) is 0 Å². The number of aromatic nitrogens is 2. The Labute approximate surface area is 168 Å². The predicted molar refractivity (Wildman–Crippen MR) is 104 cm³/mol. The fourth-order valence-corrected chi connectivity index (χ4v) is 3.19. The van der Waals surface area contributed by atoms with Gasteiger partial charge >= 0.3 is 12.0 Å². The molecule has 0 saturated carbocycles. The first-order valence-electron chi connectivity index (χ1n) is 9.11. The van der Waals surface area contributed by atoms with Gasteiger partial charge in [-0.3, -0.25) is 5.10 Å². The van der Waals surface area contributed by atoms with Gasteiger partial charge in [-0.15, -0.1) is 0 Å². The highest BCUT2D eigenvalue weighted by Crippen LogP contribution is 2.40. The van der Waals surface area contributed by atoms with Crippen molar-refractivity contribution in [2.24, 2.45) is 0 Å². The zero-order valence-corrected chi connectivity index (χ0v) is 16.8. The fraction of sp³-hybridized carbons (Fsp3) is 0.421. The number of nitrogens with zero attached hydrogens (tertiary/aromatic N) is 2. The lowest BCUT2D eigenvalue weighted by Crippen LogP contribution is -2.39. The summed E-state index contributed by atoms with van der Waals surface area (Å²) in [5, 5.41) is 9.75. The van der Waals surface area contributed by atoms with Crippen molar-refractivity contribution in [2.45, 2.75) is 19.9 Å².